The molecule has 7 nitrogen and oxygen atoms in total. The number of anilines is 1. The highest BCUT2D eigenvalue weighted by molar-refractivity contribution is 5.94. The van der Waals surface area contributed by atoms with Crippen molar-refractivity contribution < 1.29 is 9.59 Å². The van der Waals surface area contributed by atoms with Gasteiger partial charge in [-0.15, -0.1) is 0 Å². The second-order valence-electron chi connectivity index (χ2n) is 7.57. The smallest absolute Gasteiger partial charge is 0.255 e. The lowest BCUT2D eigenvalue weighted by molar-refractivity contribution is -0.130. The van der Waals surface area contributed by atoms with Crippen molar-refractivity contribution in [1.29, 1.82) is 0 Å². The van der Waals surface area contributed by atoms with Crippen LogP contribution in [-0.2, 0) is 4.79 Å². The van der Waals surface area contributed by atoms with Crippen LogP contribution in [0.1, 0.15) is 28.9 Å². The number of hydrogen-bond acceptors (Lipinski definition) is 5. The highest BCUT2D eigenvalue weighted by Gasteiger charge is 2.25. The van der Waals surface area contributed by atoms with Gasteiger partial charge in [0.05, 0.1) is 5.56 Å². The quantitative estimate of drug-likeness (QED) is 0.857. The molecule has 0 radical (unpaired) electrons. The first-order valence-corrected chi connectivity index (χ1v) is 10.2. The van der Waals surface area contributed by atoms with E-state index in [1.54, 1.807) is 22.9 Å². The lowest BCUT2D eigenvalue weighted by Gasteiger charge is -2.35. The molecule has 2 aliphatic rings. The van der Waals surface area contributed by atoms with Gasteiger partial charge >= 0.3 is 0 Å². The number of amides is 2. The highest BCUT2D eigenvalue weighted by Crippen LogP contribution is 2.21. The predicted molar refractivity (Wildman–Crippen MR) is 112 cm³/mol. The van der Waals surface area contributed by atoms with Gasteiger partial charge < -0.3 is 20.0 Å². The standard InChI is InChI=1S/C22H27N5O2/c1-17(28)25-11-13-26(14-12-25)22(29)19-7-8-21(24-15-19)27-10-9-23-20(16-27)18-5-3-2-4-6-18/h2-8,15,20,23H,9-14,16H2,1H3/t20-/m1/s1. The van der Waals surface area contributed by atoms with E-state index in [4.69, 9.17) is 0 Å². The van der Waals surface area contributed by atoms with E-state index in [1.807, 2.05) is 18.2 Å². The first kappa shape index (κ1) is 19.4. The molecule has 0 saturated carbocycles. The summed E-state index contributed by atoms with van der Waals surface area (Å²) in [5, 5.41) is 3.56. The van der Waals surface area contributed by atoms with Crippen LogP contribution in [0.3, 0.4) is 0 Å². The van der Waals surface area contributed by atoms with Crippen LogP contribution in [0.4, 0.5) is 5.82 Å². The zero-order chi connectivity index (χ0) is 20.2. The maximum Gasteiger partial charge on any atom is 0.255 e. The Morgan fingerprint density at radius 2 is 1.69 bits per heavy atom. The van der Waals surface area contributed by atoms with Crippen LogP contribution in [-0.4, -0.2) is 72.4 Å². The van der Waals surface area contributed by atoms with E-state index in [1.165, 1.54) is 5.56 Å². The van der Waals surface area contributed by atoms with Gasteiger partial charge in [-0.1, -0.05) is 30.3 Å². The van der Waals surface area contributed by atoms with Gasteiger partial charge in [0.1, 0.15) is 5.82 Å². The zero-order valence-electron chi connectivity index (χ0n) is 16.8. The van der Waals surface area contributed by atoms with E-state index in [2.05, 4.69) is 39.5 Å². The third-order valence-electron chi connectivity index (χ3n) is 5.71. The summed E-state index contributed by atoms with van der Waals surface area (Å²) in [5.41, 5.74) is 1.87. The number of carbonyl (C=O) groups is 2. The molecule has 1 atom stereocenters. The van der Waals surface area contributed by atoms with Gasteiger partial charge in [0, 0.05) is 65.0 Å². The van der Waals surface area contributed by atoms with E-state index in [0.717, 1.165) is 25.5 Å². The van der Waals surface area contributed by atoms with E-state index in [0.29, 0.717) is 31.7 Å². The minimum atomic E-state index is -0.0188. The summed E-state index contributed by atoms with van der Waals surface area (Å²) in [6.45, 7) is 6.50. The Hall–Kier alpha value is -2.93. The van der Waals surface area contributed by atoms with Gasteiger partial charge in [-0.05, 0) is 17.7 Å². The number of rotatable bonds is 3. The van der Waals surface area contributed by atoms with Gasteiger partial charge in [0.2, 0.25) is 5.91 Å². The fourth-order valence-corrected chi connectivity index (χ4v) is 3.97. The molecule has 1 aromatic carbocycles. The number of pyridine rings is 1. The van der Waals surface area contributed by atoms with Crippen molar-refractivity contribution in [3.8, 4) is 0 Å². The Kier molecular flexibility index (Phi) is 5.76. The molecule has 2 aromatic rings. The molecule has 1 N–H and O–H groups in total. The van der Waals surface area contributed by atoms with Gasteiger partial charge in [0.25, 0.3) is 5.91 Å². The molecule has 1 aromatic heterocycles. The molecule has 152 valence electrons. The van der Waals surface area contributed by atoms with Crippen molar-refractivity contribution >= 4 is 17.6 Å². The average molecular weight is 393 g/mol. The summed E-state index contributed by atoms with van der Waals surface area (Å²) in [5.74, 6) is 0.938. The Labute approximate surface area is 171 Å². The fourth-order valence-electron chi connectivity index (χ4n) is 3.97. The van der Waals surface area contributed by atoms with Crippen molar-refractivity contribution in [3.05, 3.63) is 59.8 Å². The average Bonchev–Trinajstić information content (AvgIpc) is 2.79. The molecular weight excluding hydrogens is 366 g/mol. The molecule has 2 saturated heterocycles. The summed E-state index contributed by atoms with van der Waals surface area (Å²) in [7, 11) is 0. The lowest BCUT2D eigenvalue weighted by atomic mass is 10.0. The minimum Gasteiger partial charge on any atom is -0.353 e. The largest absolute Gasteiger partial charge is 0.353 e. The molecule has 0 bridgehead atoms. The lowest BCUT2D eigenvalue weighted by Crippen LogP contribution is -2.50. The highest BCUT2D eigenvalue weighted by atomic mass is 16.2. The molecule has 2 fully saturated rings. The molecule has 29 heavy (non-hydrogen) atoms. The van der Waals surface area contributed by atoms with Crippen LogP contribution < -0.4 is 10.2 Å². The van der Waals surface area contributed by atoms with Crippen LogP contribution in [0.25, 0.3) is 0 Å². The van der Waals surface area contributed by atoms with E-state index >= 15 is 0 Å². The third-order valence-corrected chi connectivity index (χ3v) is 5.71. The minimum absolute atomic E-state index is 0.0188. The monoisotopic (exact) mass is 393 g/mol. The zero-order valence-corrected chi connectivity index (χ0v) is 16.8. The van der Waals surface area contributed by atoms with Crippen molar-refractivity contribution in [2.75, 3.05) is 50.7 Å². The van der Waals surface area contributed by atoms with Crippen molar-refractivity contribution in [1.82, 2.24) is 20.1 Å². The SMILES string of the molecule is CC(=O)N1CCN(C(=O)c2ccc(N3CCN[C@@H](c4ccccc4)C3)nc2)CC1. The van der Waals surface area contributed by atoms with Crippen LogP contribution in [0.15, 0.2) is 48.7 Å². The number of nitrogens with zero attached hydrogens (tertiary/aromatic N) is 4. The maximum absolute atomic E-state index is 12.8. The molecule has 0 unspecified atom stereocenters. The van der Waals surface area contributed by atoms with Gasteiger partial charge in [-0.2, -0.15) is 0 Å². The topological polar surface area (TPSA) is 68.8 Å². The number of nitrogens with one attached hydrogen (secondary N) is 1. The van der Waals surface area contributed by atoms with Crippen LogP contribution in [0, 0.1) is 0 Å². The third kappa shape index (κ3) is 4.40. The predicted octanol–water partition coefficient (Wildman–Crippen LogP) is 1.54. The number of aromatic nitrogens is 1. The number of hydrogen-bond donors (Lipinski definition) is 1. The van der Waals surface area contributed by atoms with Crippen molar-refractivity contribution in [3.63, 3.8) is 0 Å². The van der Waals surface area contributed by atoms with Crippen LogP contribution in [0.5, 0.6) is 0 Å². The van der Waals surface area contributed by atoms with Crippen molar-refractivity contribution in [2.45, 2.75) is 13.0 Å². The van der Waals surface area contributed by atoms with Gasteiger partial charge in [0.15, 0.2) is 0 Å². The number of piperazine rings is 2. The van der Waals surface area contributed by atoms with E-state index in [9.17, 15) is 9.59 Å². The van der Waals surface area contributed by atoms with E-state index in [-0.39, 0.29) is 17.9 Å². The van der Waals surface area contributed by atoms with Crippen LogP contribution >= 0.6 is 0 Å². The van der Waals surface area contributed by atoms with Crippen molar-refractivity contribution in [2.24, 2.45) is 0 Å². The summed E-state index contributed by atoms with van der Waals surface area (Å²) >= 11 is 0. The van der Waals surface area contributed by atoms with E-state index < -0.39 is 0 Å². The Bertz CT molecular complexity index is 847. The molecule has 2 aliphatic heterocycles. The fraction of sp³-hybridized carbons (Fsp3) is 0.409. The molecule has 0 spiro atoms. The normalized spacial score (nSPS) is 19.9. The summed E-state index contributed by atoms with van der Waals surface area (Å²) < 4.78 is 0. The number of carbonyl (C=O) groups excluding carboxylic acids is 2. The molecule has 0 aliphatic carbocycles. The molecule has 4 rings (SSSR count). The number of benzene rings is 1. The Balaban J connectivity index is 1.39. The van der Waals surface area contributed by atoms with Gasteiger partial charge in [-0.25, -0.2) is 4.98 Å². The summed E-state index contributed by atoms with van der Waals surface area (Å²) in [6.07, 6.45) is 1.68. The summed E-state index contributed by atoms with van der Waals surface area (Å²) in [6, 6.07) is 14.5. The molecule has 3 heterocycles. The first-order chi connectivity index (χ1) is 14.1. The maximum atomic E-state index is 12.8. The first-order valence-electron chi connectivity index (χ1n) is 10.2. The second kappa shape index (κ2) is 8.61. The Morgan fingerprint density at radius 3 is 2.34 bits per heavy atom. The van der Waals surface area contributed by atoms with Gasteiger partial charge in [-0.3, -0.25) is 9.59 Å². The molecule has 7 heteroatoms. The second-order valence-corrected chi connectivity index (χ2v) is 7.57. The molecule has 2 amide bonds. The Morgan fingerprint density at radius 1 is 0.966 bits per heavy atom. The summed E-state index contributed by atoms with van der Waals surface area (Å²) in [4.78, 5) is 34.6. The van der Waals surface area contributed by atoms with Crippen LogP contribution in [0.2, 0.25) is 0 Å². The molecular formula is C22H27N5O2.